The molecule has 4 nitrogen and oxygen atoms in total. The van der Waals surface area contributed by atoms with E-state index in [4.69, 9.17) is 9.84 Å². The van der Waals surface area contributed by atoms with Gasteiger partial charge in [0, 0.05) is 11.1 Å². The predicted molar refractivity (Wildman–Crippen MR) is 99.2 cm³/mol. The lowest BCUT2D eigenvalue weighted by molar-refractivity contribution is -0.144. The first-order valence-electron chi connectivity index (χ1n) is 8.45. The van der Waals surface area contributed by atoms with Gasteiger partial charge in [-0.1, -0.05) is 48.5 Å². The first kappa shape index (κ1) is 17.0. The minimum absolute atomic E-state index is 0.101. The van der Waals surface area contributed by atoms with Crippen LogP contribution in [0.5, 0.6) is 0 Å². The molecule has 0 radical (unpaired) electrons. The summed E-state index contributed by atoms with van der Waals surface area (Å²) in [6, 6.07) is 18.3. The molecule has 0 saturated heterocycles. The van der Waals surface area contributed by atoms with Crippen molar-refractivity contribution >= 4 is 5.97 Å². The number of benzene rings is 2. The Morgan fingerprint density at radius 2 is 1.60 bits per heavy atom. The standard InChI is InChI=1S/C21H22N2O2/c1-4-25-21(24)14-23-20(18-12-8-6-10-16(18)3)13-19(22-23)17-11-7-5-9-15(17)2/h5-13H,4,14H2,1-3H3. The summed E-state index contributed by atoms with van der Waals surface area (Å²) in [5.41, 5.74) is 6.22. The maximum Gasteiger partial charge on any atom is 0.327 e. The molecular formula is C21H22N2O2. The molecule has 0 aliphatic heterocycles. The topological polar surface area (TPSA) is 44.1 Å². The lowest BCUT2D eigenvalue weighted by Gasteiger charge is -2.09. The summed E-state index contributed by atoms with van der Waals surface area (Å²) in [4.78, 5) is 12.0. The van der Waals surface area contributed by atoms with Gasteiger partial charge in [-0.3, -0.25) is 9.48 Å². The van der Waals surface area contributed by atoms with E-state index in [1.807, 2.05) is 43.3 Å². The number of aryl methyl sites for hydroxylation is 2. The van der Waals surface area contributed by atoms with Crippen molar-refractivity contribution in [1.29, 1.82) is 0 Å². The van der Waals surface area contributed by atoms with Gasteiger partial charge >= 0.3 is 5.97 Å². The van der Waals surface area contributed by atoms with Gasteiger partial charge in [-0.05, 0) is 38.0 Å². The summed E-state index contributed by atoms with van der Waals surface area (Å²) < 4.78 is 6.84. The first-order valence-corrected chi connectivity index (χ1v) is 8.45. The third-order valence-electron chi connectivity index (χ3n) is 4.21. The van der Waals surface area contributed by atoms with E-state index in [1.165, 1.54) is 0 Å². The fraction of sp³-hybridized carbons (Fsp3) is 0.238. The van der Waals surface area contributed by atoms with Crippen molar-refractivity contribution in [2.75, 3.05) is 6.61 Å². The highest BCUT2D eigenvalue weighted by atomic mass is 16.5. The predicted octanol–water partition coefficient (Wildman–Crippen LogP) is 4.40. The van der Waals surface area contributed by atoms with Crippen LogP contribution in [0, 0.1) is 13.8 Å². The average molecular weight is 334 g/mol. The van der Waals surface area contributed by atoms with Gasteiger partial charge < -0.3 is 4.74 Å². The van der Waals surface area contributed by atoms with Crippen LogP contribution in [0.15, 0.2) is 54.6 Å². The van der Waals surface area contributed by atoms with E-state index < -0.39 is 0 Å². The number of aromatic nitrogens is 2. The van der Waals surface area contributed by atoms with Gasteiger partial charge in [0.05, 0.1) is 18.0 Å². The number of hydrogen-bond donors (Lipinski definition) is 0. The van der Waals surface area contributed by atoms with Crippen LogP contribution in [-0.2, 0) is 16.1 Å². The number of esters is 1. The Hall–Kier alpha value is -2.88. The van der Waals surface area contributed by atoms with Gasteiger partial charge in [0.15, 0.2) is 0 Å². The Morgan fingerprint density at radius 3 is 2.20 bits per heavy atom. The number of carbonyl (C=O) groups is 1. The summed E-state index contributed by atoms with van der Waals surface area (Å²) >= 11 is 0. The number of hydrogen-bond acceptors (Lipinski definition) is 3. The summed E-state index contributed by atoms with van der Waals surface area (Å²) in [5, 5.41) is 4.70. The van der Waals surface area contributed by atoms with Crippen molar-refractivity contribution in [3.63, 3.8) is 0 Å². The molecule has 0 amide bonds. The zero-order valence-electron chi connectivity index (χ0n) is 14.8. The highest BCUT2D eigenvalue weighted by molar-refractivity contribution is 5.75. The molecule has 0 aliphatic rings. The second-order valence-corrected chi connectivity index (χ2v) is 6.01. The third kappa shape index (κ3) is 3.63. The van der Waals surface area contributed by atoms with Gasteiger partial charge in [-0.2, -0.15) is 5.10 Å². The van der Waals surface area contributed by atoms with Crippen molar-refractivity contribution < 1.29 is 9.53 Å². The molecule has 0 N–H and O–H groups in total. The summed E-state index contributed by atoms with van der Waals surface area (Å²) in [5.74, 6) is -0.281. The molecule has 1 aromatic heterocycles. The quantitative estimate of drug-likeness (QED) is 0.650. The van der Waals surface area contributed by atoms with E-state index in [1.54, 1.807) is 4.68 Å². The van der Waals surface area contributed by atoms with Gasteiger partial charge in [-0.15, -0.1) is 0 Å². The Morgan fingerprint density at radius 1 is 1.00 bits per heavy atom. The first-order chi connectivity index (χ1) is 12.1. The number of rotatable bonds is 5. The molecule has 3 rings (SSSR count). The molecule has 0 fully saturated rings. The molecule has 0 bridgehead atoms. The Bertz CT molecular complexity index is 896. The SMILES string of the molecule is CCOC(=O)Cn1nc(-c2ccccc2C)cc1-c1ccccc1C. The molecule has 0 saturated carbocycles. The zero-order chi connectivity index (χ0) is 17.8. The van der Waals surface area contributed by atoms with Crippen LogP contribution in [0.2, 0.25) is 0 Å². The lowest BCUT2D eigenvalue weighted by atomic mass is 10.0. The molecule has 4 heteroatoms. The van der Waals surface area contributed by atoms with Crippen LogP contribution in [0.3, 0.4) is 0 Å². The Labute approximate surface area is 148 Å². The number of carbonyl (C=O) groups excluding carboxylic acids is 1. The van der Waals surface area contributed by atoms with Crippen LogP contribution in [0.25, 0.3) is 22.5 Å². The normalized spacial score (nSPS) is 10.7. The number of ether oxygens (including phenoxy) is 1. The smallest absolute Gasteiger partial charge is 0.327 e. The van der Waals surface area contributed by atoms with Gasteiger partial charge in [0.2, 0.25) is 0 Å². The minimum atomic E-state index is -0.281. The van der Waals surface area contributed by atoms with Gasteiger partial charge in [0.25, 0.3) is 0 Å². The molecular weight excluding hydrogens is 312 g/mol. The molecule has 0 aliphatic carbocycles. The van der Waals surface area contributed by atoms with E-state index in [0.717, 1.165) is 33.6 Å². The Kier molecular flexibility index (Phi) is 4.98. The van der Waals surface area contributed by atoms with Crippen molar-refractivity contribution in [1.82, 2.24) is 9.78 Å². The molecule has 3 aromatic rings. The monoisotopic (exact) mass is 334 g/mol. The van der Waals surface area contributed by atoms with Crippen molar-refractivity contribution in [2.24, 2.45) is 0 Å². The van der Waals surface area contributed by atoms with Crippen LogP contribution >= 0.6 is 0 Å². The van der Waals surface area contributed by atoms with Crippen LogP contribution in [0.4, 0.5) is 0 Å². The van der Waals surface area contributed by atoms with E-state index in [0.29, 0.717) is 6.61 Å². The summed E-state index contributed by atoms with van der Waals surface area (Å²) in [6.07, 6.45) is 0. The third-order valence-corrected chi connectivity index (χ3v) is 4.21. The molecule has 25 heavy (non-hydrogen) atoms. The highest BCUT2D eigenvalue weighted by Gasteiger charge is 2.16. The van der Waals surface area contributed by atoms with E-state index in [-0.39, 0.29) is 12.5 Å². The summed E-state index contributed by atoms with van der Waals surface area (Å²) in [7, 11) is 0. The molecule has 0 spiro atoms. The molecule has 128 valence electrons. The van der Waals surface area contributed by atoms with Gasteiger partial charge in [-0.25, -0.2) is 0 Å². The lowest BCUT2D eigenvalue weighted by Crippen LogP contribution is -2.15. The largest absolute Gasteiger partial charge is 0.465 e. The molecule has 0 unspecified atom stereocenters. The maximum absolute atomic E-state index is 12.0. The highest BCUT2D eigenvalue weighted by Crippen LogP contribution is 2.29. The van der Waals surface area contributed by atoms with Crippen LogP contribution in [-0.4, -0.2) is 22.4 Å². The van der Waals surface area contributed by atoms with E-state index in [2.05, 4.69) is 32.0 Å². The molecule has 0 atom stereocenters. The fourth-order valence-corrected chi connectivity index (χ4v) is 2.94. The van der Waals surface area contributed by atoms with Crippen molar-refractivity contribution in [3.8, 4) is 22.5 Å². The Balaban J connectivity index is 2.10. The number of nitrogens with zero attached hydrogens (tertiary/aromatic N) is 2. The van der Waals surface area contributed by atoms with Crippen LogP contribution < -0.4 is 0 Å². The van der Waals surface area contributed by atoms with E-state index in [9.17, 15) is 4.79 Å². The molecule has 1 heterocycles. The zero-order valence-corrected chi connectivity index (χ0v) is 14.8. The van der Waals surface area contributed by atoms with Crippen molar-refractivity contribution in [2.45, 2.75) is 27.3 Å². The fourth-order valence-electron chi connectivity index (χ4n) is 2.94. The average Bonchev–Trinajstić information content (AvgIpc) is 2.99. The second kappa shape index (κ2) is 7.34. The second-order valence-electron chi connectivity index (χ2n) is 6.01. The van der Waals surface area contributed by atoms with Crippen LogP contribution in [0.1, 0.15) is 18.1 Å². The maximum atomic E-state index is 12.0. The summed E-state index contributed by atoms with van der Waals surface area (Å²) in [6.45, 7) is 6.40. The van der Waals surface area contributed by atoms with Gasteiger partial charge in [0.1, 0.15) is 6.54 Å². The van der Waals surface area contributed by atoms with Crippen molar-refractivity contribution in [3.05, 3.63) is 65.7 Å². The molecule has 2 aromatic carbocycles. The minimum Gasteiger partial charge on any atom is -0.465 e. The van der Waals surface area contributed by atoms with E-state index >= 15 is 0 Å².